The average molecular weight is 268 g/mol. The lowest BCUT2D eigenvalue weighted by Gasteiger charge is -2.08. The predicted octanol–water partition coefficient (Wildman–Crippen LogP) is 2.83. The second-order valence-corrected chi connectivity index (χ2v) is 4.47. The van der Waals surface area contributed by atoms with Crippen molar-refractivity contribution in [3.05, 3.63) is 52.6 Å². The molecule has 0 saturated heterocycles. The Kier molecular flexibility index (Phi) is 3.72. The third-order valence-electron chi connectivity index (χ3n) is 3.32. The van der Waals surface area contributed by atoms with Crippen LogP contribution in [-0.4, -0.2) is 4.57 Å². The summed E-state index contributed by atoms with van der Waals surface area (Å²) in [5.74, 6) is -0.460. The van der Waals surface area contributed by atoms with E-state index in [9.17, 15) is 4.39 Å². The molecule has 0 aliphatic carbocycles. The molecule has 0 amide bonds. The number of anilines is 1. The van der Waals surface area contributed by atoms with Gasteiger partial charge in [0.05, 0.1) is 17.3 Å². The highest BCUT2D eigenvalue weighted by molar-refractivity contribution is 5.49. The van der Waals surface area contributed by atoms with Gasteiger partial charge >= 0.3 is 0 Å². The van der Waals surface area contributed by atoms with Crippen molar-refractivity contribution in [3.8, 4) is 12.1 Å². The number of benzene rings is 1. The van der Waals surface area contributed by atoms with Gasteiger partial charge in [-0.1, -0.05) is 0 Å². The molecule has 0 fully saturated rings. The van der Waals surface area contributed by atoms with Crippen LogP contribution < -0.4 is 5.32 Å². The molecule has 4 nitrogen and oxygen atoms in total. The smallest absolute Gasteiger partial charge is 0.147 e. The highest BCUT2D eigenvalue weighted by Gasteiger charge is 2.09. The van der Waals surface area contributed by atoms with Gasteiger partial charge in [-0.25, -0.2) is 4.39 Å². The van der Waals surface area contributed by atoms with E-state index < -0.39 is 5.82 Å². The van der Waals surface area contributed by atoms with Gasteiger partial charge in [0.2, 0.25) is 0 Å². The summed E-state index contributed by atoms with van der Waals surface area (Å²) in [6.45, 7) is 2.33. The van der Waals surface area contributed by atoms with E-state index in [1.807, 2.05) is 20.0 Å². The Bertz CT molecular complexity index is 732. The molecule has 0 saturated carbocycles. The molecule has 100 valence electrons. The summed E-state index contributed by atoms with van der Waals surface area (Å²) in [5.41, 5.74) is 3.09. The van der Waals surface area contributed by atoms with E-state index in [0.717, 1.165) is 11.3 Å². The molecule has 20 heavy (non-hydrogen) atoms. The van der Waals surface area contributed by atoms with Gasteiger partial charge in [0.1, 0.15) is 17.6 Å². The van der Waals surface area contributed by atoms with Gasteiger partial charge in [0, 0.05) is 19.3 Å². The summed E-state index contributed by atoms with van der Waals surface area (Å²) < 4.78 is 15.5. The van der Waals surface area contributed by atoms with Crippen molar-refractivity contribution >= 4 is 5.69 Å². The van der Waals surface area contributed by atoms with Crippen LogP contribution in [0.25, 0.3) is 0 Å². The fourth-order valence-electron chi connectivity index (χ4n) is 1.97. The highest BCUT2D eigenvalue weighted by atomic mass is 19.1. The lowest BCUT2D eigenvalue weighted by molar-refractivity contribution is 0.629. The number of hydrogen-bond donors (Lipinski definition) is 1. The van der Waals surface area contributed by atoms with Gasteiger partial charge in [0.25, 0.3) is 0 Å². The Morgan fingerprint density at radius 1 is 1.25 bits per heavy atom. The maximum atomic E-state index is 13.7. The van der Waals surface area contributed by atoms with Crippen LogP contribution in [0.15, 0.2) is 24.3 Å². The monoisotopic (exact) mass is 268 g/mol. The molecular weight excluding hydrogens is 255 g/mol. The zero-order valence-corrected chi connectivity index (χ0v) is 11.2. The first kappa shape index (κ1) is 13.6. The first-order valence-electron chi connectivity index (χ1n) is 6.05. The zero-order valence-electron chi connectivity index (χ0n) is 11.2. The SMILES string of the molecule is Cc1c(CNc2ccc(C#N)cc2F)cc(C#N)n1C. The zero-order chi connectivity index (χ0) is 14.7. The molecule has 0 spiro atoms. The van der Waals surface area contributed by atoms with E-state index in [1.54, 1.807) is 16.7 Å². The van der Waals surface area contributed by atoms with Crippen LogP contribution in [0.2, 0.25) is 0 Å². The fraction of sp³-hybridized carbons (Fsp3) is 0.200. The van der Waals surface area contributed by atoms with Gasteiger partial charge in [-0.05, 0) is 36.8 Å². The Hall–Kier alpha value is -2.79. The van der Waals surface area contributed by atoms with Crippen molar-refractivity contribution in [1.82, 2.24) is 4.57 Å². The lowest BCUT2D eigenvalue weighted by Crippen LogP contribution is -2.03. The number of aromatic nitrogens is 1. The number of rotatable bonds is 3. The van der Waals surface area contributed by atoms with Crippen LogP contribution in [0, 0.1) is 35.4 Å². The first-order valence-corrected chi connectivity index (χ1v) is 6.05. The Balaban J connectivity index is 2.18. The number of hydrogen-bond acceptors (Lipinski definition) is 3. The van der Waals surface area contributed by atoms with Gasteiger partial charge in [-0.15, -0.1) is 0 Å². The summed E-state index contributed by atoms with van der Waals surface area (Å²) in [6, 6.07) is 10.1. The molecule has 0 aliphatic rings. The van der Waals surface area contributed by atoms with E-state index in [-0.39, 0.29) is 5.56 Å². The molecule has 2 rings (SSSR count). The molecule has 5 heteroatoms. The number of halogens is 1. The molecule has 0 atom stereocenters. The summed E-state index contributed by atoms with van der Waals surface area (Å²) in [7, 11) is 1.82. The maximum Gasteiger partial charge on any atom is 0.147 e. The standard InChI is InChI=1S/C15H13FN4/c1-10-12(6-13(8-18)20(10)2)9-19-15-4-3-11(7-17)5-14(15)16/h3-6,19H,9H2,1-2H3. The van der Waals surface area contributed by atoms with Crippen LogP contribution in [0.5, 0.6) is 0 Å². The van der Waals surface area contributed by atoms with Crippen molar-refractivity contribution in [3.63, 3.8) is 0 Å². The minimum atomic E-state index is -0.460. The number of nitrogens with one attached hydrogen (secondary N) is 1. The van der Waals surface area contributed by atoms with E-state index in [1.165, 1.54) is 12.1 Å². The third-order valence-corrected chi connectivity index (χ3v) is 3.32. The minimum Gasteiger partial charge on any atom is -0.379 e. The van der Waals surface area contributed by atoms with Crippen LogP contribution in [0.3, 0.4) is 0 Å². The maximum absolute atomic E-state index is 13.7. The molecule has 1 heterocycles. The minimum absolute atomic E-state index is 0.288. The molecular formula is C15H13FN4. The van der Waals surface area contributed by atoms with E-state index in [0.29, 0.717) is 17.9 Å². The molecule has 0 radical (unpaired) electrons. The summed E-state index contributed by atoms with van der Waals surface area (Å²) >= 11 is 0. The molecule has 1 aromatic carbocycles. The average Bonchev–Trinajstić information content (AvgIpc) is 2.73. The molecule has 1 aromatic heterocycles. The van der Waals surface area contributed by atoms with Gasteiger partial charge in [-0.3, -0.25) is 0 Å². The lowest BCUT2D eigenvalue weighted by atomic mass is 10.2. The fourth-order valence-corrected chi connectivity index (χ4v) is 1.97. The van der Waals surface area contributed by atoms with Crippen molar-refractivity contribution in [2.75, 3.05) is 5.32 Å². The Labute approximate surface area is 116 Å². The topological polar surface area (TPSA) is 64.5 Å². The summed E-state index contributed by atoms with van der Waals surface area (Å²) in [6.07, 6.45) is 0. The second-order valence-electron chi connectivity index (χ2n) is 4.47. The largest absolute Gasteiger partial charge is 0.379 e. The predicted molar refractivity (Wildman–Crippen MR) is 73.3 cm³/mol. The van der Waals surface area contributed by atoms with E-state index >= 15 is 0 Å². The molecule has 1 N–H and O–H groups in total. The van der Waals surface area contributed by atoms with Crippen molar-refractivity contribution in [1.29, 1.82) is 10.5 Å². The molecule has 0 bridgehead atoms. The normalized spacial score (nSPS) is 9.85. The van der Waals surface area contributed by atoms with Gasteiger partial charge in [0.15, 0.2) is 0 Å². The van der Waals surface area contributed by atoms with Crippen LogP contribution in [0.4, 0.5) is 10.1 Å². The van der Waals surface area contributed by atoms with Gasteiger partial charge in [-0.2, -0.15) is 10.5 Å². The quantitative estimate of drug-likeness (QED) is 0.930. The third kappa shape index (κ3) is 2.48. The van der Waals surface area contributed by atoms with Crippen molar-refractivity contribution in [2.24, 2.45) is 7.05 Å². The van der Waals surface area contributed by atoms with Crippen molar-refractivity contribution in [2.45, 2.75) is 13.5 Å². The Morgan fingerprint density at radius 3 is 2.55 bits per heavy atom. The second kappa shape index (κ2) is 5.46. The van der Waals surface area contributed by atoms with Crippen LogP contribution in [-0.2, 0) is 13.6 Å². The highest BCUT2D eigenvalue weighted by Crippen LogP contribution is 2.19. The number of nitrogens with zero attached hydrogens (tertiary/aromatic N) is 3. The van der Waals surface area contributed by atoms with Crippen LogP contribution >= 0.6 is 0 Å². The number of nitriles is 2. The molecule has 0 aliphatic heterocycles. The van der Waals surface area contributed by atoms with E-state index in [2.05, 4.69) is 11.4 Å². The van der Waals surface area contributed by atoms with Crippen LogP contribution in [0.1, 0.15) is 22.5 Å². The van der Waals surface area contributed by atoms with Crippen molar-refractivity contribution < 1.29 is 4.39 Å². The first-order chi connectivity index (χ1) is 9.56. The summed E-state index contributed by atoms with van der Waals surface area (Å²) in [5, 5.41) is 20.6. The molecule has 2 aromatic rings. The Morgan fingerprint density at radius 2 is 2.00 bits per heavy atom. The summed E-state index contributed by atoms with van der Waals surface area (Å²) in [4.78, 5) is 0. The van der Waals surface area contributed by atoms with Gasteiger partial charge < -0.3 is 9.88 Å². The van der Waals surface area contributed by atoms with E-state index in [4.69, 9.17) is 10.5 Å². The molecule has 0 unspecified atom stereocenters.